The quantitative estimate of drug-likeness (QED) is 0.733. The maximum Gasteiger partial charge on any atom is 0.258 e. The highest BCUT2D eigenvalue weighted by Gasteiger charge is 2.28. The van der Waals surface area contributed by atoms with E-state index >= 15 is 0 Å². The zero-order chi connectivity index (χ0) is 19.2. The highest BCUT2D eigenvalue weighted by Crippen LogP contribution is 2.31. The smallest absolute Gasteiger partial charge is 0.258 e. The van der Waals surface area contributed by atoms with E-state index in [4.69, 9.17) is 7.48 Å². The number of benzene rings is 2. The molecule has 0 spiro atoms. The first-order valence-corrected chi connectivity index (χ1v) is 7.72. The molecule has 1 aliphatic heterocycles. The van der Waals surface area contributed by atoms with Crippen LogP contribution in [0.1, 0.15) is 24.4 Å². The molecule has 0 N–H and O–H groups in total. The second kappa shape index (κ2) is 6.05. The molecule has 0 atom stereocenters. The number of hydrogen-bond acceptors (Lipinski definition) is 3. The van der Waals surface area contributed by atoms with Crippen LogP contribution in [0.2, 0.25) is 0 Å². The second-order valence-electron chi connectivity index (χ2n) is 5.71. The van der Waals surface area contributed by atoms with E-state index in [1.165, 1.54) is 30.3 Å². The molecule has 2 aromatic carbocycles. The number of amides is 1. The van der Waals surface area contributed by atoms with Gasteiger partial charge >= 0.3 is 0 Å². The lowest BCUT2D eigenvalue weighted by molar-refractivity contribution is 0.0996. The van der Waals surface area contributed by atoms with Crippen molar-refractivity contribution >= 4 is 11.6 Å². The maximum absolute atomic E-state index is 13.2. The molecule has 2 heterocycles. The van der Waals surface area contributed by atoms with Crippen molar-refractivity contribution in [3.63, 3.8) is 0 Å². The molecule has 3 aromatic rings. The Balaban J connectivity index is 1.63. The molecule has 126 valence electrons. The Labute approximate surface area is 147 Å². The highest BCUT2D eigenvalue weighted by molar-refractivity contribution is 6.10. The van der Waals surface area contributed by atoms with Crippen molar-refractivity contribution in [2.45, 2.75) is 13.1 Å². The summed E-state index contributed by atoms with van der Waals surface area (Å²) in [5, 5.41) is 4.22. The SMILES string of the molecule is [2H]C1([2H])c2cc(OCc3ccn(C)n3)ccc2C(=O)N1c1ccc(F)cc1. The molecular formula is C19H16FN3O2. The second-order valence-corrected chi connectivity index (χ2v) is 5.71. The number of rotatable bonds is 4. The van der Waals surface area contributed by atoms with E-state index in [9.17, 15) is 9.18 Å². The van der Waals surface area contributed by atoms with Gasteiger partial charge < -0.3 is 9.64 Å². The monoisotopic (exact) mass is 339 g/mol. The lowest BCUT2D eigenvalue weighted by Crippen LogP contribution is -2.22. The van der Waals surface area contributed by atoms with Crippen LogP contribution in [0.15, 0.2) is 54.7 Å². The van der Waals surface area contributed by atoms with Crippen molar-refractivity contribution < 1.29 is 16.7 Å². The van der Waals surface area contributed by atoms with Crippen LogP contribution in [0, 0.1) is 5.82 Å². The first kappa shape index (κ1) is 13.2. The molecule has 25 heavy (non-hydrogen) atoms. The molecule has 4 rings (SSSR count). The standard InChI is InChI=1S/C19H16FN3O2/c1-22-9-8-15(21-22)12-25-17-6-7-18-13(10-17)11-23(19(18)24)16-4-2-14(20)3-5-16/h2-10H,11-12H2,1H3/i11D2. The van der Waals surface area contributed by atoms with Gasteiger partial charge in [-0.05, 0) is 54.1 Å². The molecule has 6 heteroatoms. The molecule has 0 saturated carbocycles. The van der Waals surface area contributed by atoms with E-state index < -0.39 is 18.2 Å². The fourth-order valence-corrected chi connectivity index (χ4v) is 2.65. The Morgan fingerprint density at radius 1 is 1.24 bits per heavy atom. The minimum absolute atomic E-state index is 0.218. The van der Waals surface area contributed by atoms with Gasteiger partial charge in [0.05, 0.1) is 14.9 Å². The van der Waals surface area contributed by atoms with Crippen molar-refractivity contribution in [3.8, 4) is 5.75 Å². The highest BCUT2D eigenvalue weighted by atomic mass is 19.1. The van der Waals surface area contributed by atoms with Gasteiger partial charge in [-0.3, -0.25) is 9.48 Å². The van der Waals surface area contributed by atoms with E-state index in [1.54, 1.807) is 23.0 Å². The van der Waals surface area contributed by atoms with Gasteiger partial charge in [0.15, 0.2) is 0 Å². The number of aryl methyl sites for hydroxylation is 1. The summed E-state index contributed by atoms with van der Waals surface area (Å²) in [7, 11) is 1.81. The van der Waals surface area contributed by atoms with E-state index in [-0.39, 0.29) is 17.7 Å². The fraction of sp³-hybridized carbons (Fsp3) is 0.158. The number of hydrogen-bond donors (Lipinski definition) is 0. The van der Waals surface area contributed by atoms with Crippen LogP contribution in [0.4, 0.5) is 10.1 Å². The number of halogens is 1. The van der Waals surface area contributed by atoms with Gasteiger partial charge in [-0.25, -0.2) is 4.39 Å². The molecule has 0 aliphatic carbocycles. The molecule has 0 radical (unpaired) electrons. The number of ether oxygens (including phenoxy) is 1. The predicted octanol–water partition coefficient (Wildman–Crippen LogP) is 3.30. The zero-order valence-corrected chi connectivity index (χ0v) is 13.4. The summed E-state index contributed by atoms with van der Waals surface area (Å²) in [4.78, 5) is 13.8. The molecule has 1 aliphatic rings. The van der Waals surface area contributed by atoms with Gasteiger partial charge in [-0.1, -0.05) is 0 Å². The average Bonchev–Trinajstić information content (AvgIpc) is 3.14. The Bertz CT molecular complexity index is 1020. The number of fused-ring (bicyclic) bond motifs is 1. The Morgan fingerprint density at radius 2 is 2.04 bits per heavy atom. The van der Waals surface area contributed by atoms with E-state index in [0.717, 1.165) is 10.6 Å². The van der Waals surface area contributed by atoms with Crippen LogP contribution in [-0.4, -0.2) is 15.7 Å². The number of carbonyl (C=O) groups excluding carboxylic acids is 1. The number of carbonyl (C=O) groups is 1. The third kappa shape index (κ3) is 2.98. The summed E-state index contributed by atoms with van der Waals surface area (Å²) < 4.78 is 37.4. The fourth-order valence-electron chi connectivity index (χ4n) is 2.65. The predicted molar refractivity (Wildman–Crippen MR) is 90.9 cm³/mol. The molecular weight excluding hydrogens is 321 g/mol. The van der Waals surface area contributed by atoms with E-state index in [2.05, 4.69) is 5.10 Å². The summed E-state index contributed by atoms with van der Waals surface area (Å²) >= 11 is 0. The molecule has 1 amide bonds. The number of anilines is 1. The van der Waals surface area contributed by atoms with Gasteiger partial charge in [0.1, 0.15) is 18.2 Å². The third-order valence-electron chi connectivity index (χ3n) is 3.90. The maximum atomic E-state index is 13.2. The van der Waals surface area contributed by atoms with Crippen molar-refractivity contribution in [1.82, 2.24) is 9.78 Å². The lowest BCUT2D eigenvalue weighted by Gasteiger charge is -2.15. The molecule has 0 saturated heterocycles. The van der Waals surface area contributed by atoms with Crippen molar-refractivity contribution in [2.24, 2.45) is 7.05 Å². The Kier molecular flexibility index (Phi) is 3.19. The topological polar surface area (TPSA) is 47.4 Å². The largest absolute Gasteiger partial charge is 0.487 e. The Morgan fingerprint density at radius 3 is 2.76 bits per heavy atom. The summed E-state index contributed by atoms with van der Waals surface area (Å²) in [5.41, 5.74) is 1.51. The van der Waals surface area contributed by atoms with Crippen LogP contribution in [0.3, 0.4) is 0 Å². The normalized spacial score (nSPS) is 16.4. The molecule has 1 aromatic heterocycles. The minimum Gasteiger partial charge on any atom is -0.487 e. The number of nitrogens with zero attached hydrogens (tertiary/aromatic N) is 3. The summed E-state index contributed by atoms with van der Waals surface area (Å²) in [6.45, 7) is -1.84. The van der Waals surface area contributed by atoms with Gasteiger partial charge in [0.2, 0.25) is 0 Å². The Hall–Kier alpha value is -3.15. The molecule has 0 fully saturated rings. The van der Waals surface area contributed by atoms with Gasteiger partial charge in [0, 0.05) is 24.5 Å². The van der Waals surface area contributed by atoms with Crippen LogP contribution >= 0.6 is 0 Å². The third-order valence-corrected chi connectivity index (χ3v) is 3.90. The molecule has 0 unspecified atom stereocenters. The first-order chi connectivity index (χ1) is 12.9. The lowest BCUT2D eigenvalue weighted by atomic mass is 10.1. The van der Waals surface area contributed by atoms with Crippen molar-refractivity contribution in [1.29, 1.82) is 0 Å². The van der Waals surface area contributed by atoms with E-state index in [0.29, 0.717) is 11.4 Å². The van der Waals surface area contributed by atoms with Crippen LogP contribution in [0.25, 0.3) is 0 Å². The van der Waals surface area contributed by atoms with Gasteiger partial charge in [0.25, 0.3) is 5.91 Å². The van der Waals surface area contributed by atoms with Crippen LogP contribution in [0.5, 0.6) is 5.75 Å². The number of aromatic nitrogens is 2. The summed E-state index contributed by atoms with van der Waals surface area (Å²) in [5.74, 6) is -0.483. The van der Waals surface area contributed by atoms with Gasteiger partial charge in [-0.2, -0.15) is 5.10 Å². The van der Waals surface area contributed by atoms with Crippen molar-refractivity contribution in [3.05, 3.63) is 77.4 Å². The minimum atomic E-state index is -2.07. The summed E-state index contributed by atoms with van der Waals surface area (Å²) in [6.07, 6.45) is 1.80. The average molecular weight is 339 g/mol. The van der Waals surface area contributed by atoms with Crippen LogP contribution in [-0.2, 0) is 20.2 Å². The van der Waals surface area contributed by atoms with Gasteiger partial charge in [-0.15, -0.1) is 0 Å². The molecule has 5 nitrogen and oxygen atoms in total. The summed E-state index contributed by atoms with van der Waals surface area (Å²) in [6, 6.07) is 11.7. The van der Waals surface area contributed by atoms with Crippen LogP contribution < -0.4 is 9.64 Å². The van der Waals surface area contributed by atoms with E-state index in [1.807, 2.05) is 13.1 Å². The molecule has 0 bridgehead atoms. The zero-order valence-electron chi connectivity index (χ0n) is 15.4. The van der Waals surface area contributed by atoms with Crippen molar-refractivity contribution in [2.75, 3.05) is 4.90 Å². The first-order valence-electron chi connectivity index (χ1n) is 8.72.